The van der Waals surface area contributed by atoms with E-state index >= 15 is 0 Å². The molecule has 0 atom stereocenters. The van der Waals surface area contributed by atoms with Crippen LogP contribution in [0.15, 0.2) is 35.1 Å². The summed E-state index contributed by atoms with van der Waals surface area (Å²) < 4.78 is 29.6. The minimum Gasteiger partial charge on any atom is -0.493 e. The van der Waals surface area contributed by atoms with E-state index in [-0.39, 0.29) is 6.79 Å². The molecule has 3 aromatic rings. The number of rotatable bonds is 8. The molecule has 0 aliphatic carbocycles. The quantitative estimate of drug-likeness (QED) is 0.408. The van der Waals surface area contributed by atoms with Crippen LogP contribution in [0.1, 0.15) is 19.3 Å². The molecule has 32 heavy (non-hydrogen) atoms. The van der Waals surface area contributed by atoms with Crippen LogP contribution in [-0.2, 0) is 0 Å². The fourth-order valence-corrected chi connectivity index (χ4v) is 4.38. The van der Waals surface area contributed by atoms with E-state index in [0.29, 0.717) is 52.1 Å². The monoisotopic (exact) mass is 501 g/mol. The minimum atomic E-state index is 0.152. The molecule has 0 spiro atoms. The highest BCUT2D eigenvalue weighted by Crippen LogP contribution is 2.47. The number of methoxy groups -OCH3 is 1. The van der Waals surface area contributed by atoms with Crippen LogP contribution in [0.2, 0.25) is 0 Å². The third kappa shape index (κ3) is 4.27. The number of hydrogen-bond donors (Lipinski definition) is 0. The average molecular weight is 502 g/mol. The predicted molar refractivity (Wildman–Crippen MR) is 122 cm³/mol. The van der Waals surface area contributed by atoms with Gasteiger partial charge < -0.3 is 28.6 Å². The number of fused-ring (bicyclic) bond motifs is 2. The van der Waals surface area contributed by atoms with Crippen molar-refractivity contribution in [3.8, 4) is 34.6 Å². The van der Waals surface area contributed by atoms with E-state index in [4.69, 9.17) is 23.7 Å². The summed E-state index contributed by atoms with van der Waals surface area (Å²) in [7, 11) is 1.62. The van der Waals surface area contributed by atoms with E-state index in [1.54, 1.807) is 7.11 Å². The molecule has 0 amide bonds. The van der Waals surface area contributed by atoms with Crippen LogP contribution in [0.3, 0.4) is 0 Å². The lowest BCUT2D eigenvalue weighted by Gasteiger charge is -2.16. The van der Waals surface area contributed by atoms with Crippen molar-refractivity contribution in [3.05, 3.63) is 35.1 Å². The minimum absolute atomic E-state index is 0.152. The van der Waals surface area contributed by atoms with Gasteiger partial charge in [0, 0.05) is 12.6 Å². The Hall–Kier alpha value is -2.78. The second kappa shape index (κ2) is 9.38. The SMILES string of the molecule is COc1cc2c(Oc3c(Br)ccc4c3OCO4)ncnc2cc1OCCCN1CCCC1. The molecule has 2 aliphatic rings. The molecule has 0 N–H and O–H groups in total. The maximum absolute atomic E-state index is 6.16. The van der Waals surface area contributed by atoms with Crippen molar-refractivity contribution in [2.24, 2.45) is 0 Å². The van der Waals surface area contributed by atoms with Gasteiger partial charge in [-0.15, -0.1) is 0 Å². The number of nitrogens with zero attached hydrogens (tertiary/aromatic N) is 3. The van der Waals surface area contributed by atoms with Crippen LogP contribution in [0.25, 0.3) is 10.9 Å². The zero-order chi connectivity index (χ0) is 21.9. The van der Waals surface area contributed by atoms with Gasteiger partial charge in [-0.05, 0) is 66.5 Å². The Morgan fingerprint density at radius 3 is 2.81 bits per heavy atom. The van der Waals surface area contributed by atoms with Gasteiger partial charge >= 0.3 is 0 Å². The van der Waals surface area contributed by atoms with Gasteiger partial charge in [-0.1, -0.05) is 0 Å². The summed E-state index contributed by atoms with van der Waals surface area (Å²) in [4.78, 5) is 11.2. The molecular weight excluding hydrogens is 478 g/mol. The first-order valence-electron chi connectivity index (χ1n) is 10.7. The molecule has 1 aromatic heterocycles. The molecule has 8 nitrogen and oxygen atoms in total. The Labute approximate surface area is 194 Å². The third-order valence-electron chi connectivity index (χ3n) is 5.60. The summed E-state index contributed by atoms with van der Waals surface area (Å²) in [5.74, 6) is 3.32. The van der Waals surface area contributed by atoms with E-state index < -0.39 is 0 Å². The normalized spacial score (nSPS) is 15.3. The lowest BCUT2D eigenvalue weighted by Crippen LogP contribution is -2.21. The molecule has 0 radical (unpaired) electrons. The molecular formula is C23H24BrN3O5. The van der Waals surface area contributed by atoms with Crippen LogP contribution in [0, 0.1) is 0 Å². The van der Waals surface area contributed by atoms with Crippen LogP contribution < -0.4 is 23.7 Å². The van der Waals surface area contributed by atoms with Crippen LogP contribution in [0.4, 0.5) is 0 Å². The van der Waals surface area contributed by atoms with Crippen LogP contribution >= 0.6 is 15.9 Å². The second-order valence-electron chi connectivity index (χ2n) is 7.66. The van der Waals surface area contributed by atoms with Gasteiger partial charge in [-0.2, -0.15) is 0 Å². The molecule has 168 valence electrons. The maximum Gasteiger partial charge on any atom is 0.231 e. The smallest absolute Gasteiger partial charge is 0.231 e. The molecule has 0 bridgehead atoms. The number of likely N-dealkylation sites (tertiary alicyclic amines) is 1. The van der Waals surface area contributed by atoms with Gasteiger partial charge in [0.05, 0.1) is 29.1 Å². The molecule has 0 saturated carbocycles. The molecule has 3 heterocycles. The van der Waals surface area contributed by atoms with Crippen molar-refractivity contribution in [1.82, 2.24) is 14.9 Å². The van der Waals surface area contributed by atoms with E-state index in [9.17, 15) is 0 Å². The van der Waals surface area contributed by atoms with Gasteiger partial charge in [0.15, 0.2) is 23.0 Å². The molecule has 1 fully saturated rings. The first-order chi connectivity index (χ1) is 15.7. The Morgan fingerprint density at radius 1 is 1.09 bits per heavy atom. The summed E-state index contributed by atoms with van der Waals surface area (Å²) in [6.45, 7) is 4.21. The first kappa shape index (κ1) is 21.1. The topological polar surface area (TPSA) is 75.2 Å². The molecule has 2 aromatic carbocycles. The lowest BCUT2D eigenvalue weighted by molar-refractivity contribution is 0.171. The van der Waals surface area contributed by atoms with E-state index in [2.05, 4.69) is 30.8 Å². The van der Waals surface area contributed by atoms with Crippen LogP contribution in [0.5, 0.6) is 34.6 Å². The van der Waals surface area contributed by atoms with Crippen molar-refractivity contribution < 1.29 is 23.7 Å². The summed E-state index contributed by atoms with van der Waals surface area (Å²) >= 11 is 3.52. The van der Waals surface area contributed by atoms with Crippen molar-refractivity contribution in [2.75, 3.05) is 40.1 Å². The Kier molecular flexibility index (Phi) is 6.18. The Morgan fingerprint density at radius 2 is 1.97 bits per heavy atom. The first-order valence-corrected chi connectivity index (χ1v) is 11.5. The van der Waals surface area contributed by atoms with Crippen molar-refractivity contribution in [1.29, 1.82) is 0 Å². The lowest BCUT2D eigenvalue weighted by atomic mass is 10.2. The number of benzene rings is 2. The van der Waals surface area contributed by atoms with Gasteiger partial charge in [0.25, 0.3) is 0 Å². The average Bonchev–Trinajstić information content (AvgIpc) is 3.50. The number of hydrogen-bond acceptors (Lipinski definition) is 8. The van der Waals surface area contributed by atoms with E-state index in [0.717, 1.165) is 17.4 Å². The highest BCUT2D eigenvalue weighted by Gasteiger charge is 2.23. The largest absolute Gasteiger partial charge is 0.493 e. The summed E-state index contributed by atoms with van der Waals surface area (Å²) in [5.41, 5.74) is 0.700. The Balaban J connectivity index is 1.38. The summed E-state index contributed by atoms with van der Waals surface area (Å²) in [5, 5.41) is 0.706. The standard InChI is InChI=1S/C23H24BrN3O5/c1-28-19-11-15-17(12-20(19)29-10-4-9-27-7-2-3-8-27)25-13-26-23(15)32-21-16(24)5-6-18-22(21)31-14-30-18/h5-6,11-13H,2-4,7-10,14H2,1H3. The van der Waals surface area contributed by atoms with Crippen LogP contribution in [-0.4, -0.2) is 55.0 Å². The van der Waals surface area contributed by atoms with Crippen molar-refractivity contribution >= 4 is 26.8 Å². The molecule has 1 saturated heterocycles. The van der Waals surface area contributed by atoms with Gasteiger partial charge in [-0.3, -0.25) is 0 Å². The second-order valence-corrected chi connectivity index (χ2v) is 8.52. The maximum atomic E-state index is 6.16. The highest BCUT2D eigenvalue weighted by atomic mass is 79.9. The molecule has 2 aliphatic heterocycles. The number of ether oxygens (including phenoxy) is 5. The molecule has 0 unspecified atom stereocenters. The van der Waals surface area contributed by atoms with Gasteiger partial charge in [0.1, 0.15) is 6.33 Å². The molecule has 5 rings (SSSR count). The predicted octanol–water partition coefficient (Wildman–Crippen LogP) is 4.79. The summed E-state index contributed by atoms with van der Waals surface area (Å²) in [6.07, 6.45) is 5.03. The number of halogens is 1. The number of aromatic nitrogens is 2. The van der Waals surface area contributed by atoms with Gasteiger partial charge in [0.2, 0.25) is 18.4 Å². The van der Waals surface area contributed by atoms with Crippen molar-refractivity contribution in [2.45, 2.75) is 19.3 Å². The van der Waals surface area contributed by atoms with Gasteiger partial charge in [-0.25, -0.2) is 9.97 Å². The molecule has 9 heteroatoms. The van der Waals surface area contributed by atoms with Crippen molar-refractivity contribution in [3.63, 3.8) is 0 Å². The fraction of sp³-hybridized carbons (Fsp3) is 0.391. The third-order valence-corrected chi connectivity index (χ3v) is 6.23. The van der Waals surface area contributed by atoms with E-state index in [1.165, 1.54) is 32.3 Å². The zero-order valence-corrected chi connectivity index (χ0v) is 19.4. The van der Waals surface area contributed by atoms with E-state index in [1.807, 2.05) is 24.3 Å². The fourth-order valence-electron chi connectivity index (χ4n) is 3.99. The highest BCUT2D eigenvalue weighted by molar-refractivity contribution is 9.10. The zero-order valence-electron chi connectivity index (χ0n) is 17.8. The Bertz CT molecular complexity index is 1120. The summed E-state index contributed by atoms with van der Waals surface area (Å²) in [6, 6.07) is 7.38.